The molecule has 0 saturated carbocycles. The third-order valence-corrected chi connectivity index (χ3v) is 3.74. The molecule has 1 aliphatic rings. The molecule has 0 saturated heterocycles. The molecule has 0 spiro atoms. The summed E-state index contributed by atoms with van der Waals surface area (Å²) >= 11 is 0. The summed E-state index contributed by atoms with van der Waals surface area (Å²) < 4.78 is 14.4. The molecule has 20 heavy (non-hydrogen) atoms. The van der Waals surface area contributed by atoms with Crippen LogP contribution in [0.4, 0.5) is 10.1 Å². The highest BCUT2D eigenvalue weighted by Gasteiger charge is 2.28. The molecule has 0 aromatic heterocycles. The van der Waals surface area contributed by atoms with E-state index in [1.807, 2.05) is 13.0 Å². The van der Waals surface area contributed by atoms with Crippen LogP contribution >= 0.6 is 0 Å². The van der Waals surface area contributed by atoms with E-state index in [9.17, 15) is 9.18 Å². The van der Waals surface area contributed by atoms with Gasteiger partial charge in [-0.3, -0.25) is 4.79 Å². The monoisotopic (exact) mass is 279 g/mol. The van der Waals surface area contributed by atoms with E-state index in [0.29, 0.717) is 24.9 Å². The highest BCUT2D eigenvalue weighted by molar-refractivity contribution is 5.97. The fraction of sp³-hybridized carbons (Fsp3) is 0.533. The molecule has 4 N–H and O–H groups in total. The molecule has 1 amide bonds. The maximum atomic E-state index is 14.4. The fourth-order valence-electron chi connectivity index (χ4n) is 2.53. The molecule has 0 radical (unpaired) electrons. The second-order valence-corrected chi connectivity index (χ2v) is 5.61. The van der Waals surface area contributed by atoms with E-state index in [1.165, 1.54) is 0 Å². The van der Waals surface area contributed by atoms with Crippen molar-refractivity contribution in [2.75, 3.05) is 11.9 Å². The van der Waals surface area contributed by atoms with Gasteiger partial charge in [0.2, 0.25) is 5.91 Å². The van der Waals surface area contributed by atoms with Gasteiger partial charge in [0.05, 0.1) is 11.2 Å². The maximum Gasteiger partial charge on any atom is 0.244 e. The minimum absolute atomic E-state index is 0.225. The average molecular weight is 279 g/mol. The molecule has 2 rings (SSSR count). The number of hydrogen-bond donors (Lipinski definition) is 3. The van der Waals surface area contributed by atoms with E-state index in [2.05, 4.69) is 10.6 Å². The summed E-state index contributed by atoms with van der Waals surface area (Å²) in [6.45, 7) is 5.06. The second-order valence-electron chi connectivity index (χ2n) is 5.61. The van der Waals surface area contributed by atoms with Gasteiger partial charge in [-0.25, -0.2) is 4.39 Å². The van der Waals surface area contributed by atoms with E-state index in [0.717, 1.165) is 18.5 Å². The summed E-state index contributed by atoms with van der Waals surface area (Å²) in [5.41, 5.74) is 6.86. The first kappa shape index (κ1) is 14.9. The van der Waals surface area contributed by atoms with Crippen molar-refractivity contribution in [1.29, 1.82) is 0 Å². The maximum absolute atomic E-state index is 14.4. The highest BCUT2D eigenvalue weighted by Crippen LogP contribution is 2.25. The molecule has 1 heterocycles. The Morgan fingerprint density at radius 3 is 3.00 bits per heavy atom. The number of halogens is 1. The smallest absolute Gasteiger partial charge is 0.244 e. The molecule has 1 aromatic rings. The van der Waals surface area contributed by atoms with E-state index < -0.39 is 5.54 Å². The topological polar surface area (TPSA) is 67.2 Å². The van der Waals surface area contributed by atoms with Crippen LogP contribution in [0.25, 0.3) is 0 Å². The van der Waals surface area contributed by atoms with Crippen molar-refractivity contribution in [3.63, 3.8) is 0 Å². The standard InChI is InChI=1S/C15H22FN3O/c1-3-7-15(2,17)14(20)19-12-5-4-10-9-18-8-6-11(10)13(12)16/h4-5,18H,3,6-9,17H2,1-2H3,(H,19,20). The fourth-order valence-corrected chi connectivity index (χ4v) is 2.53. The Morgan fingerprint density at radius 1 is 1.55 bits per heavy atom. The van der Waals surface area contributed by atoms with Crippen molar-refractivity contribution >= 4 is 11.6 Å². The third kappa shape index (κ3) is 2.99. The summed E-state index contributed by atoms with van der Waals surface area (Å²) in [5.74, 6) is -0.670. The van der Waals surface area contributed by atoms with E-state index in [4.69, 9.17) is 5.73 Å². The molecule has 0 aliphatic carbocycles. The van der Waals surface area contributed by atoms with Crippen molar-refractivity contribution in [2.24, 2.45) is 5.73 Å². The van der Waals surface area contributed by atoms with Gasteiger partial charge in [0, 0.05) is 6.54 Å². The number of anilines is 1. The lowest BCUT2D eigenvalue weighted by molar-refractivity contribution is -0.120. The predicted octanol–water partition coefficient (Wildman–Crippen LogP) is 1.93. The Hall–Kier alpha value is -1.46. The van der Waals surface area contributed by atoms with Crippen LogP contribution in [-0.2, 0) is 17.8 Å². The van der Waals surface area contributed by atoms with Crippen LogP contribution in [0.1, 0.15) is 37.8 Å². The normalized spacial score (nSPS) is 17.2. The van der Waals surface area contributed by atoms with Crippen LogP contribution in [0, 0.1) is 5.82 Å². The number of carbonyl (C=O) groups excluding carboxylic acids is 1. The lowest BCUT2D eigenvalue weighted by Gasteiger charge is -2.24. The molecule has 5 heteroatoms. The SMILES string of the molecule is CCCC(C)(N)C(=O)Nc1ccc2c(c1F)CCNC2. The zero-order valence-corrected chi connectivity index (χ0v) is 12.1. The Kier molecular flexibility index (Phi) is 4.40. The van der Waals surface area contributed by atoms with Gasteiger partial charge in [-0.2, -0.15) is 0 Å². The first-order valence-electron chi connectivity index (χ1n) is 7.07. The summed E-state index contributed by atoms with van der Waals surface area (Å²) in [6.07, 6.45) is 2.01. The highest BCUT2D eigenvalue weighted by atomic mass is 19.1. The van der Waals surface area contributed by atoms with Crippen LogP contribution in [0.15, 0.2) is 12.1 Å². The van der Waals surface area contributed by atoms with E-state index >= 15 is 0 Å². The van der Waals surface area contributed by atoms with Gasteiger partial charge in [-0.1, -0.05) is 19.4 Å². The third-order valence-electron chi connectivity index (χ3n) is 3.74. The van der Waals surface area contributed by atoms with Crippen molar-refractivity contribution in [3.8, 4) is 0 Å². The summed E-state index contributed by atoms with van der Waals surface area (Å²) in [4.78, 5) is 12.1. The summed E-state index contributed by atoms with van der Waals surface area (Å²) in [6, 6.07) is 3.47. The molecule has 1 atom stereocenters. The average Bonchev–Trinajstić information content (AvgIpc) is 2.42. The van der Waals surface area contributed by atoms with Crippen molar-refractivity contribution in [2.45, 2.75) is 45.2 Å². The van der Waals surface area contributed by atoms with Gasteiger partial charge < -0.3 is 16.4 Å². The minimum Gasteiger partial charge on any atom is -0.322 e. The molecule has 1 unspecified atom stereocenters. The van der Waals surface area contributed by atoms with E-state index in [-0.39, 0.29) is 17.4 Å². The lowest BCUT2D eigenvalue weighted by atomic mass is 9.95. The number of benzene rings is 1. The zero-order valence-electron chi connectivity index (χ0n) is 12.1. The number of fused-ring (bicyclic) bond motifs is 1. The van der Waals surface area contributed by atoms with Gasteiger partial charge >= 0.3 is 0 Å². The van der Waals surface area contributed by atoms with Crippen LogP contribution in [-0.4, -0.2) is 18.0 Å². The van der Waals surface area contributed by atoms with Gasteiger partial charge in [-0.15, -0.1) is 0 Å². The molecule has 1 aromatic carbocycles. The molecular formula is C15H22FN3O. The first-order valence-corrected chi connectivity index (χ1v) is 7.07. The number of carbonyl (C=O) groups is 1. The second kappa shape index (κ2) is 5.89. The summed E-state index contributed by atoms with van der Waals surface area (Å²) in [7, 11) is 0. The minimum atomic E-state index is -0.974. The Morgan fingerprint density at radius 2 is 2.30 bits per heavy atom. The Balaban J connectivity index is 2.20. The Labute approximate surface area is 118 Å². The van der Waals surface area contributed by atoms with Crippen LogP contribution in [0.5, 0.6) is 0 Å². The molecule has 1 aliphatic heterocycles. The van der Waals surface area contributed by atoms with Crippen LogP contribution < -0.4 is 16.4 Å². The molecule has 0 fully saturated rings. The number of rotatable bonds is 4. The Bertz CT molecular complexity index is 514. The molecular weight excluding hydrogens is 257 g/mol. The number of nitrogens with one attached hydrogen (secondary N) is 2. The number of amides is 1. The van der Waals surface area contributed by atoms with Gasteiger partial charge in [0.1, 0.15) is 5.82 Å². The van der Waals surface area contributed by atoms with Gasteiger partial charge in [0.25, 0.3) is 0 Å². The van der Waals surface area contributed by atoms with Gasteiger partial charge in [-0.05, 0) is 43.5 Å². The largest absolute Gasteiger partial charge is 0.322 e. The molecule has 110 valence electrons. The first-order chi connectivity index (χ1) is 9.45. The summed E-state index contributed by atoms with van der Waals surface area (Å²) in [5, 5.41) is 5.82. The molecule has 4 nitrogen and oxygen atoms in total. The van der Waals surface area contributed by atoms with Crippen molar-refractivity contribution in [1.82, 2.24) is 5.32 Å². The van der Waals surface area contributed by atoms with Gasteiger partial charge in [0.15, 0.2) is 0 Å². The van der Waals surface area contributed by atoms with Crippen LogP contribution in [0.3, 0.4) is 0 Å². The number of hydrogen-bond acceptors (Lipinski definition) is 3. The number of nitrogens with two attached hydrogens (primary N) is 1. The van der Waals surface area contributed by atoms with Crippen molar-refractivity contribution in [3.05, 3.63) is 29.1 Å². The van der Waals surface area contributed by atoms with Crippen molar-refractivity contribution < 1.29 is 9.18 Å². The van der Waals surface area contributed by atoms with Crippen LogP contribution in [0.2, 0.25) is 0 Å². The quantitative estimate of drug-likeness (QED) is 0.789. The molecule has 0 bridgehead atoms. The predicted molar refractivity (Wildman–Crippen MR) is 77.9 cm³/mol. The zero-order chi connectivity index (χ0) is 14.8. The van der Waals surface area contributed by atoms with E-state index in [1.54, 1.807) is 13.0 Å². The lowest BCUT2D eigenvalue weighted by Crippen LogP contribution is -2.48.